The topological polar surface area (TPSA) is 0 Å². The van der Waals surface area contributed by atoms with Gasteiger partial charge in [0.1, 0.15) is 0 Å². The van der Waals surface area contributed by atoms with Gasteiger partial charge >= 0.3 is 0 Å². The maximum atomic E-state index is 3.29. The molecular formula is C13H24. The summed E-state index contributed by atoms with van der Waals surface area (Å²) in [5.41, 5.74) is 3.57. The molecule has 76 valence electrons. The van der Waals surface area contributed by atoms with Crippen LogP contribution in [-0.4, -0.2) is 0 Å². The Morgan fingerprint density at radius 1 is 1.31 bits per heavy atom. The maximum absolute atomic E-state index is 3.29. The van der Waals surface area contributed by atoms with E-state index in [1.165, 1.54) is 19.3 Å². The quantitative estimate of drug-likeness (QED) is 0.429. The second-order valence-electron chi connectivity index (χ2n) is 4.63. The zero-order valence-corrected chi connectivity index (χ0v) is 9.85. The highest BCUT2D eigenvalue weighted by molar-refractivity contribution is 4.96. The molecule has 0 aromatic carbocycles. The van der Waals surface area contributed by atoms with Gasteiger partial charge in [-0.25, -0.2) is 0 Å². The minimum absolute atomic E-state index is 0.280. The summed E-state index contributed by atoms with van der Waals surface area (Å²) in [7, 11) is 0. The molecule has 0 atom stereocenters. The lowest BCUT2D eigenvalue weighted by Gasteiger charge is -2.23. The first-order valence-corrected chi connectivity index (χ1v) is 5.42. The zero-order valence-electron chi connectivity index (χ0n) is 9.85. The van der Waals surface area contributed by atoms with E-state index in [0.29, 0.717) is 5.92 Å². The highest BCUT2D eigenvalue weighted by Gasteiger charge is 2.17. The minimum Gasteiger partial charge on any atom is -0.129 e. The summed E-state index contributed by atoms with van der Waals surface area (Å²) in [6, 6.07) is 0. The molecule has 0 fully saturated rings. The number of hydrogen-bond acceptors (Lipinski definition) is 0. The van der Waals surface area contributed by atoms with Crippen LogP contribution in [0.25, 0.3) is 0 Å². The Morgan fingerprint density at radius 3 is 2.38 bits per heavy atom. The number of allylic oxidation sites excluding steroid dienone is 1. The van der Waals surface area contributed by atoms with Crippen LogP contribution in [-0.2, 0) is 0 Å². The van der Waals surface area contributed by atoms with Crippen molar-refractivity contribution in [2.45, 2.75) is 53.9 Å². The lowest BCUT2D eigenvalue weighted by Crippen LogP contribution is -2.14. The zero-order chi connectivity index (χ0) is 10.3. The molecule has 0 aliphatic carbocycles. The molecule has 0 nitrogen and oxygen atoms in total. The van der Waals surface area contributed by atoms with Crippen molar-refractivity contribution in [3.05, 3.63) is 17.9 Å². The van der Waals surface area contributed by atoms with Crippen LogP contribution in [0.15, 0.2) is 17.9 Å². The fraction of sp³-hybridized carbons (Fsp3) is 0.769. The first-order valence-electron chi connectivity index (χ1n) is 5.42. The van der Waals surface area contributed by atoms with Crippen LogP contribution in [0.1, 0.15) is 53.9 Å². The molecule has 0 aliphatic heterocycles. The first-order chi connectivity index (χ1) is 6.00. The third-order valence-electron chi connectivity index (χ3n) is 2.76. The van der Waals surface area contributed by atoms with Crippen molar-refractivity contribution in [3.63, 3.8) is 0 Å². The molecule has 0 saturated heterocycles. The minimum atomic E-state index is 0.280. The largest absolute Gasteiger partial charge is 0.129 e. The van der Waals surface area contributed by atoms with E-state index in [1.54, 1.807) is 0 Å². The van der Waals surface area contributed by atoms with Gasteiger partial charge in [-0.15, -0.1) is 5.73 Å². The average molecular weight is 180 g/mol. The Kier molecular flexibility index (Phi) is 5.82. The summed E-state index contributed by atoms with van der Waals surface area (Å²) in [4.78, 5) is 0. The SMILES string of the molecule is CCCCC=C=CC(C)(C)C(C)C. The third kappa shape index (κ3) is 5.71. The highest BCUT2D eigenvalue weighted by Crippen LogP contribution is 2.26. The summed E-state index contributed by atoms with van der Waals surface area (Å²) in [6.45, 7) is 11.3. The molecule has 0 aliphatic rings. The second kappa shape index (κ2) is 6.05. The summed E-state index contributed by atoms with van der Waals surface area (Å²) in [5, 5.41) is 0. The molecule has 0 unspecified atom stereocenters. The van der Waals surface area contributed by atoms with Gasteiger partial charge in [-0.2, -0.15) is 0 Å². The van der Waals surface area contributed by atoms with Gasteiger partial charge < -0.3 is 0 Å². The van der Waals surface area contributed by atoms with Crippen molar-refractivity contribution in [1.29, 1.82) is 0 Å². The van der Waals surface area contributed by atoms with Gasteiger partial charge in [0.05, 0.1) is 0 Å². The molecular weight excluding hydrogens is 156 g/mol. The summed E-state index contributed by atoms with van der Waals surface area (Å²) < 4.78 is 0. The summed E-state index contributed by atoms with van der Waals surface area (Å²) in [5.74, 6) is 0.680. The standard InChI is InChI=1S/C13H24/c1-6-7-8-9-10-11-13(4,5)12(2)3/h9,11-12H,6-8H2,1-5H3. The van der Waals surface area contributed by atoms with E-state index in [9.17, 15) is 0 Å². The van der Waals surface area contributed by atoms with Gasteiger partial charge in [-0.3, -0.25) is 0 Å². The molecule has 0 rings (SSSR count). The molecule has 0 amide bonds. The van der Waals surface area contributed by atoms with Crippen molar-refractivity contribution >= 4 is 0 Å². The van der Waals surface area contributed by atoms with E-state index in [1.807, 2.05) is 0 Å². The molecule has 0 saturated carbocycles. The summed E-state index contributed by atoms with van der Waals surface area (Å²) >= 11 is 0. The lowest BCUT2D eigenvalue weighted by atomic mass is 9.81. The number of unbranched alkanes of at least 4 members (excludes halogenated alkanes) is 2. The number of hydrogen-bond donors (Lipinski definition) is 0. The van der Waals surface area contributed by atoms with Gasteiger partial charge in [0, 0.05) is 0 Å². The molecule has 0 radical (unpaired) electrons. The van der Waals surface area contributed by atoms with Crippen molar-refractivity contribution < 1.29 is 0 Å². The Labute approximate surface area is 83.7 Å². The molecule has 0 heterocycles. The molecule has 0 spiro atoms. The van der Waals surface area contributed by atoms with Gasteiger partial charge in [-0.1, -0.05) is 41.0 Å². The Bertz CT molecular complexity index is 178. The van der Waals surface area contributed by atoms with Gasteiger partial charge in [0.15, 0.2) is 0 Å². The predicted molar refractivity (Wildman–Crippen MR) is 60.8 cm³/mol. The van der Waals surface area contributed by atoms with E-state index >= 15 is 0 Å². The maximum Gasteiger partial charge on any atom is -0.00762 e. The third-order valence-corrected chi connectivity index (χ3v) is 2.76. The average Bonchev–Trinajstić information content (AvgIpc) is 2.03. The van der Waals surface area contributed by atoms with E-state index in [4.69, 9.17) is 0 Å². The lowest BCUT2D eigenvalue weighted by molar-refractivity contribution is 0.333. The van der Waals surface area contributed by atoms with Crippen molar-refractivity contribution in [3.8, 4) is 0 Å². The van der Waals surface area contributed by atoms with Crippen LogP contribution < -0.4 is 0 Å². The van der Waals surface area contributed by atoms with E-state index in [2.05, 4.69) is 52.5 Å². The van der Waals surface area contributed by atoms with Gasteiger partial charge in [-0.05, 0) is 36.3 Å². The molecule has 0 aromatic heterocycles. The summed E-state index contributed by atoms with van der Waals surface area (Å²) in [6.07, 6.45) is 8.08. The first kappa shape index (κ1) is 12.5. The van der Waals surface area contributed by atoms with Crippen LogP contribution in [0.3, 0.4) is 0 Å². The van der Waals surface area contributed by atoms with Crippen molar-refractivity contribution in [1.82, 2.24) is 0 Å². The normalized spacial score (nSPS) is 11.2. The Hall–Kier alpha value is -0.480. The van der Waals surface area contributed by atoms with Gasteiger partial charge in [0.2, 0.25) is 0 Å². The van der Waals surface area contributed by atoms with Crippen molar-refractivity contribution in [2.24, 2.45) is 11.3 Å². The molecule has 0 bridgehead atoms. The van der Waals surface area contributed by atoms with Crippen LogP contribution in [0.2, 0.25) is 0 Å². The fourth-order valence-corrected chi connectivity index (χ4v) is 0.830. The van der Waals surface area contributed by atoms with Gasteiger partial charge in [0.25, 0.3) is 0 Å². The van der Waals surface area contributed by atoms with Crippen molar-refractivity contribution in [2.75, 3.05) is 0 Å². The predicted octanol–water partition coefficient (Wildman–Crippen LogP) is 4.57. The Morgan fingerprint density at radius 2 is 1.92 bits per heavy atom. The van der Waals surface area contributed by atoms with Crippen LogP contribution in [0.4, 0.5) is 0 Å². The Balaban J connectivity index is 4.01. The van der Waals surface area contributed by atoms with Crippen LogP contribution in [0.5, 0.6) is 0 Å². The fourth-order valence-electron chi connectivity index (χ4n) is 0.830. The van der Waals surface area contributed by atoms with E-state index < -0.39 is 0 Å². The van der Waals surface area contributed by atoms with E-state index in [0.717, 1.165) is 0 Å². The monoisotopic (exact) mass is 180 g/mol. The highest BCUT2D eigenvalue weighted by atomic mass is 14.2. The molecule has 0 N–H and O–H groups in total. The molecule has 13 heavy (non-hydrogen) atoms. The van der Waals surface area contributed by atoms with Crippen LogP contribution >= 0.6 is 0 Å². The van der Waals surface area contributed by atoms with Crippen LogP contribution in [0, 0.1) is 11.3 Å². The second-order valence-corrected chi connectivity index (χ2v) is 4.63. The molecule has 0 aromatic rings. The van der Waals surface area contributed by atoms with E-state index in [-0.39, 0.29) is 5.41 Å². The number of rotatable bonds is 5. The molecule has 0 heteroatoms. The smallest absolute Gasteiger partial charge is 0.00762 e.